The van der Waals surface area contributed by atoms with E-state index in [0.717, 1.165) is 47.0 Å². The van der Waals surface area contributed by atoms with Crippen LogP contribution in [0.3, 0.4) is 0 Å². The number of hydrogen-bond acceptors (Lipinski definition) is 2. The minimum Gasteiger partial charge on any atom is -0.311 e. The van der Waals surface area contributed by atoms with Gasteiger partial charge in [-0.15, -0.1) is 0 Å². The molecule has 0 aliphatic heterocycles. The normalized spacial score (nSPS) is 16.1. The van der Waals surface area contributed by atoms with Crippen molar-refractivity contribution in [2.45, 2.75) is 18.3 Å². The molecule has 2 heteroatoms. The van der Waals surface area contributed by atoms with E-state index >= 15 is 0 Å². The average Bonchev–Trinajstić information content (AvgIpc) is 3.72. The van der Waals surface area contributed by atoms with Crippen LogP contribution in [0.4, 0.5) is 34.1 Å². The first-order chi connectivity index (χ1) is 27.3. The molecule has 1 atom stereocenters. The molecular formula is C53H38N2. The quantitative estimate of drug-likeness (QED) is 0.170. The molecule has 1 unspecified atom stereocenters. The van der Waals surface area contributed by atoms with Crippen LogP contribution in [0.25, 0.3) is 27.5 Å². The van der Waals surface area contributed by atoms with Crippen molar-refractivity contribution in [1.82, 2.24) is 0 Å². The van der Waals surface area contributed by atoms with Crippen LogP contribution < -0.4 is 9.80 Å². The summed E-state index contributed by atoms with van der Waals surface area (Å²) in [6.07, 6.45) is 6.85. The second-order valence-corrected chi connectivity index (χ2v) is 14.8. The SMILES string of the molecule is C1=CC2=C(CC1)C1(c3ccccc32)c2ccccc2-c2ccc(N(c3ccc(N(c4ccccc4)c4ccccc4)cc3)c3cccc4ccccc34)cc21. The molecule has 0 fully saturated rings. The Bertz CT molecular complexity index is 2770. The molecule has 8 aromatic carbocycles. The third-order valence-electron chi connectivity index (χ3n) is 11.9. The number of allylic oxidation sites excluding steroid dienone is 4. The van der Waals surface area contributed by atoms with Gasteiger partial charge in [0.05, 0.1) is 11.1 Å². The number of anilines is 6. The third-order valence-corrected chi connectivity index (χ3v) is 11.9. The van der Waals surface area contributed by atoms with Crippen LogP contribution in [0.1, 0.15) is 35.1 Å². The first-order valence-electron chi connectivity index (χ1n) is 19.3. The summed E-state index contributed by atoms with van der Waals surface area (Å²) in [5, 5.41) is 2.44. The van der Waals surface area contributed by atoms with Gasteiger partial charge in [0.1, 0.15) is 0 Å². The zero-order valence-electron chi connectivity index (χ0n) is 30.4. The van der Waals surface area contributed by atoms with Crippen molar-refractivity contribution in [1.29, 1.82) is 0 Å². The molecule has 1 spiro atoms. The van der Waals surface area contributed by atoms with Crippen molar-refractivity contribution in [3.8, 4) is 11.1 Å². The molecule has 0 radical (unpaired) electrons. The molecule has 3 aliphatic carbocycles. The van der Waals surface area contributed by atoms with Gasteiger partial charge in [-0.3, -0.25) is 0 Å². The van der Waals surface area contributed by atoms with Crippen molar-refractivity contribution in [2.75, 3.05) is 9.80 Å². The molecule has 0 aromatic heterocycles. The number of nitrogens with zero attached hydrogens (tertiary/aromatic N) is 2. The van der Waals surface area contributed by atoms with E-state index in [0.29, 0.717) is 0 Å². The van der Waals surface area contributed by atoms with Crippen LogP contribution in [0.5, 0.6) is 0 Å². The molecule has 260 valence electrons. The molecule has 55 heavy (non-hydrogen) atoms. The summed E-state index contributed by atoms with van der Waals surface area (Å²) in [5.41, 5.74) is 17.6. The van der Waals surface area contributed by atoms with Gasteiger partial charge in [-0.05, 0) is 129 Å². The summed E-state index contributed by atoms with van der Waals surface area (Å²) in [7, 11) is 0. The standard InChI is InChI=1S/C53H38N2/c1-3-18-38(19-4-1)54(39-20-5-2-6-21-39)40-30-32-41(33-31-40)55(52-29-15-17-37-16-7-8-22-43(37)52)42-34-35-47-46-25-11-14-28-50(46)53(51(47)36-42)48-26-12-9-23-44(48)45-24-10-13-27-49(45)53/h1-12,14-26,28-36H,13,27H2. The van der Waals surface area contributed by atoms with E-state index in [1.807, 2.05) is 0 Å². The van der Waals surface area contributed by atoms with Gasteiger partial charge in [0, 0.05) is 33.8 Å². The van der Waals surface area contributed by atoms with E-state index in [-0.39, 0.29) is 5.41 Å². The van der Waals surface area contributed by atoms with Crippen molar-refractivity contribution in [3.63, 3.8) is 0 Å². The molecule has 0 heterocycles. The predicted octanol–water partition coefficient (Wildman–Crippen LogP) is 14.2. The third kappa shape index (κ3) is 4.74. The molecular weight excluding hydrogens is 665 g/mol. The summed E-state index contributed by atoms with van der Waals surface area (Å²) in [4.78, 5) is 4.79. The molecule has 0 bridgehead atoms. The van der Waals surface area contributed by atoms with Gasteiger partial charge in [-0.25, -0.2) is 0 Å². The highest BCUT2D eigenvalue weighted by molar-refractivity contribution is 6.01. The summed E-state index contributed by atoms with van der Waals surface area (Å²) in [5.74, 6) is 0. The lowest BCUT2D eigenvalue weighted by atomic mass is 9.68. The Hall–Kier alpha value is -6.90. The Balaban J connectivity index is 1.13. The van der Waals surface area contributed by atoms with Crippen LogP contribution in [-0.2, 0) is 5.41 Å². The molecule has 0 N–H and O–H groups in total. The largest absolute Gasteiger partial charge is 0.311 e. The Morgan fingerprint density at radius 3 is 1.69 bits per heavy atom. The molecule has 0 saturated carbocycles. The fraction of sp³-hybridized carbons (Fsp3) is 0.0566. The van der Waals surface area contributed by atoms with Crippen LogP contribution >= 0.6 is 0 Å². The molecule has 11 rings (SSSR count). The topological polar surface area (TPSA) is 6.48 Å². The lowest BCUT2D eigenvalue weighted by molar-refractivity contribution is 0.714. The number of fused-ring (bicyclic) bond motifs is 10. The molecule has 0 saturated heterocycles. The van der Waals surface area contributed by atoms with E-state index in [1.54, 1.807) is 0 Å². The second-order valence-electron chi connectivity index (χ2n) is 14.8. The highest BCUT2D eigenvalue weighted by atomic mass is 15.2. The zero-order valence-corrected chi connectivity index (χ0v) is 30.4. The van der Waals surface area contributed by atoms with E-state index in [4.69, 9.17) is 0 Å². The maximum absolute atomic E-state index is 2.51. The van der Waals surface area contributed by atoms with Crippen LogP contribution in [0.15, 0.2) is 212 Å². The van der Waals surface area contributed by atoms with Gasteiger partial charge in [0.15, 0.2) is 0 Å². The Morgan fingerprint density at radius 2 is 0.945 bits per heavy atom. The summed E-state index contributed by atoms with van der Waals surface area (Å²) >= 11 is 0. The van der Waals surface area contributed by atoms with Crippen molar-refractivity contribution in [2.24, 2.45) is 0 Å². The predicted molar refractivity (Wildman–Crippen MR) is 230 cm³/mol. The highest BCUT2D eigenvalue weighted by Crippen LogP contribution is 2.64. The average molecular weight is 703 g/mol. The van der Waals surface area contributed by atoms with Crippen LogP contribution in [-0.4, -0.2) is 0 Å². The molecule has 2 nitrogen and oxygen atoms in total. The van der Waals surface area contributed by atoms with Gasteiger partial charge in [-0.1, -0.05) is 140 Å². The molecule has 0 amide bonds. The summed E-state index contributed by atoms with van der Waals surface area (Å²) in [6, 6.07) is 71.3. The van der Waals surface area contributed by atoms with Gasteiger partial charge >= 0.3 is 0 Å². The van der Waals surface area contributed by atoms with E-state index in [1.165, 1.54) is 55.3 Å². The summed E-state index contributed by atoms with van der Waals surface area (Å²) < 4.78 is 0. The molecule has 3 aliphatic rings. The number of hydrogen-bond donors (Lipinski definition) is 0. The second kappa shape index (κ2) is 12.6. The summed E-state index contributed by atoms with van der Waals surface area (Å²) in [6.45, 7) is 0. The Labute approximate surface area is 322 Å². The fourth-order valence-corrected chi connectivity index (χ4v) is 9.72. The monoisotopic (exact) mass is 702 g/mol. The fourth-order valence-electron chi connectivity index (χ4n) is 9.72. The zero-order chi connectivity index (χ0) is 36.3. The lowest BCUT2D eigenvalue weighted by Gasteiger charge is -2.34. The number of benzene rings is 8. The van der Waals surface area contributed by atoms with Gasteiger partial charge in [-0.2, -0.15) is 0 Å². The van der Waals surface area contributed by atoms with E-state index in [2.05, 4.69) is 216 Å². The maximum Gasteiger partial charge on any atom is 0.0689 e. The minimum atomic E-state index is -0.335. The van der Waals surface area contributed by atoms with Crippen LogP contribution in [0.2, 0.25) is 0 Å². The Kier molecular flexibility index (Phi) is 7.25. The van der Waals surface area contributed by atoms with Crippen LogP contribution in [0, 0.1) is 0 Å². The first kappa shape index (κ1) is 31.6. The highest BCUT2D eigenvalue weighted by Gasteiger charge is 2.52. The van der Waals surface area contributed by atoms with Crippen molar-refractivity contribution >= 4 is 50.5 Å². The van der Waals surface area contributed by atoms with Crippen molar-refractivity contribution < 1.29 is 0 Å². The maximum atomic E-state index is 2.51. The van der Waals surface area contributed by atoms with E-state index < -0.39 is 0 Å². The minimum absolute atomic E-state index is 0.335. The first-order valence-corrected chi connectivity index (χ1v) is 19.3. The van der Waals surface area contributed by atoms with E-state index in [9.17, 15) is 0 Å². The smallest absolute Gasteiger partial charge is 0.0689 e. The number of para-hydroxylation sites is 2. The van der Waals surface area contributed by atoms with Crippen molar-refractivity contribution in [3.05, 3.63) is 234 Å². The van der Waals surface area contributed by atoms with Gasteiger partial charge in [0.2, 0.25) is 0 Å². The molecule has 8 aromatic rings. The van der Waals surface area contributed by atoms with Gasteiger partial charge < -0.3 is 9.80 Å². The Morgan fingerprint density at radius 1 is 0.400 bits per heavy atom. The lowest BCUT2D eigenvalue weighted by Crippen LogP contribution is -2.28. The van der Waals surface area contributed by atoms with Gasteiger partial charge in [0.25, 0.3) is 0 Å². The number of rotatable bonds is 6.